The third kappa shape index (κ3) is 1.96. The van der Waals surface area contributed by atoms with Crippen molar-refractivity contribution in [3.63, 3.8) is 0 Å². The number of non-ortho nitro benzene ring substituents is 1. The molecular weight excluding hydrogens is 228 g/mol. The van der Waals surface area contributed by atoms with Gasteiger partial charge >= 0.3 is 0 Å². The van der Waals surface area contributed by atoms with Crippen LogP contribution in [0.5, 0.6) is 0 Å². The zero-order valence-corrected chi connectivity index (χ0v) is 10.4. The highest BCUT2D eigenvalue weighted by atomic mass is 16.6. The summed E-state index contributed by atoms with van der Waals surface area (Å²) in [6.45, 7) is 1.10. The van der Waals surface area contributed by atoms with Crippen LogP contribution in [0.25, 0.3) is 0 Å². The highest BCUT2D eigenvalue weighted by Crippen LogP contribution is 2.38. The third-order valence-electron chi connectivity index (χ3n) is 4.40. The van der Waals surface area contributed by atoms with Crippen molar-refractivity contribution in [1.29, 1.82) is 0 Å². The maximum Gasteiger partial charge on any atom is 0.269 e. The minimum Gasteiger partial charge on any atom is -0.368 e. The van der Waals surface area contributed by atoms with Crippen LogP contribution in [0.1, 0.15) is 32.1 Å². The number of hydrogen-bond donors (Lipinski definition) is 0. The average molecular weight is 246 g/mol. The fourth-order valence-corrected chi connectivity index (χ4v) is 3.49. The standard InChI is InChI=1S/C14H18N2O2/c17-16(18)13-7-5-12(6-8-13)15-10-9-11-3-1-2-4-14(11)15/h5-8,11,14H,1-4,9-10H2. The highest BCUT2D eigenvalue weighted by Gasteiger charge is 2.35. The Hall–Kier alpha value is -1.58. The van der Waals surface area contributed by atoms with Crippen molar-refractivity contribution in [1.82, 2.24) is 0 Å². The molecule has 0 N–H and O–H groups in total. The lowest BCUT2D eigenvalue weighted by atomic mass is 9.85. The molecule has 1 saturated heterocycles. The molecule has 3 rings (SSSR count). The van der Waals surface area contributed by atoms with E-state index in [9.17, 15) is 10.1 Å². The molecule has 0 spiro atoms. The van der Waals surface area contributed by atoms with Gasteiger partial charge in [0.25, 0.3) is 5.69 Å². The summed E-state index contributed by atoms with van der Waals surface area (Å²) in [7, 11) is 0. The van der Waals surface area contributed by atoms with Crippen molar-refractivity contribution in [2.45, 2.75) is 38.1 Å². The van der Waals surface area contributed by atoms with E-state index in [1.807, 2.05) is 12.1 Å². The lowest BCUT2D eigenvalue weighted by molar-refractivity contribution is -0.384. The Balaban J connectivity index is 1.80. The molecule has 4 nitrogen and oxygen atoms in total. The second-order valence-electron chi connectivity index (χ2n) is 5.37. The number of rotatable bonds is 2. The Morgan fingerprint density at radius 3 is 2.56 bits per heavy atom. The molecule has 0 aromatic heterocycles. The molecule has 2 fully saturated rings. The molecule has 1 aliphatic heterocycles. The normalized spacial score (nSPS) is 27.0. The van der Waals surface area contributed by atoms with Crippen LogP contribution in [0.4, 0.5) is 11.4 Å². The van der Waals surface area contributed by atoms with Gasteiger partial charge in [-0.25, -0.2) is 0 Å². The highest BCUT2D eigenvalue weighted by molar-refractivity contribution is 5.52. The summed E-state index contributed by atoms with van der Waals surface area (Å²) in [6.07, 6.45) is 6.61. The number of anilines is 1. The van der Waals surface area contributed by atoms with Crippen molar-refractivity contribution in [2.75, 3.05) is 11.4 Å². The van der Waals surface area contributed by atoms with E-state index in [4.69, 9.17) is 0 Å². The van der Waals surface area contributed by atoms with Crippen molar-refractivity contribution in [3.05, 3.63) is 34.4 Å². The summed E-state index contributed by atoms with van der Waals surface area (Å²) in [4.78, 5) is 12.8. The minimum atomic E-state index is -0.336. The van der Waals surface area contributed by atoms with E-state index in [-0.39, 0.29) is 10.6 Å². The van der Waals surface area contributed by atoms with E-state index in [0.717, 1.165) is 18.2 Å². The Kier molecular flexibility index (Phi) is 2.94. The van der Waals surface area contributed by atoms with Gasteiger partial charge in [0, 0.05) is 30.4 Å². The van der Waals surface area contributed by atoms with Gasteiger partial charge in [-0.1, -0.05) is 12.8 Å². The molecule has 1 aromatic rings. The molecule has 2 aliphatic rings. The average Bonchev–Trinajstić information content (AvgIpc) is 2.82. The van der Waals surface area contributed by atoms with Gasteiger partial charge in [-0.2, -0.15) is 0 Å². The van der Waals surface area contributed by atoms with E-state index >= 15 is 0 Å². The van der Waals surface area contributed by atoms with Crippen LogP contribution >= 0.6 is 0 Å². The fraction of sp³-hybridized carbons (Fsp3) is 0.571. The van der Waals surface area contributed by atoms with Crippen molar-refractivity contribution in [3.8, 4) is 0 Å². The van der Waals surface area contributed by atoms with Crippen LogP contribution in [-0.4, -0.2) is 17.5 Å². The maximum absolute atomic E-state index is 10.7. The van der Waals surface area contributed by atoms with Gasteiger partial charge in [-0.15, -0.1) is 0 Å². The summed E-state index contributed by atoms with van der Waals surface area (Å²) in [6, 6.07) is 7.70. The Labute approximate surface area is 107 Å². The van der Waals surface area contributed by atoms with E-state index < -0.39 is 0 Å². The molecule has 4 heteroatoms. The lowest BCUT2D eigenvalue weighted by Gasteiger charge is -2.33. The summed E-state index contributed by atoms with van der Waals surface area (Å²) < 4.78 is 0. The molecule has 0 bridgehead atoms. The molecule has 1 aliphatic carbocycles. The van der Waals surface area contributed by atoms with Crippen LogP contribution in [0.15, 0.2) is 24.3 Å². The number of hydrogen-bond acceptors (Lipinski definition) is 3. The van der Waals surface area contributed by atoms with Gasteiger partial charge < -0.3 is 4.90 Å². The molecule has 1 saturated carbocycles. The van der Waals surface area contributed by atoms with Crippen LogP contribution < -0.4 is 4.90 Å². The van der Waals surface area contributed by atoms with Crippen LogP contribution in [-0.2, 0) is 0 Å². The molecular formula is C14H18N2O2. The zero-order chi connectivity index (χ0) is 12.5. The summed E-state index contributed by atoms with van der Waals surface area (Å²) in [5.74, 6) is 0.842. The molecule has 2 atom stereocenters. The Bertz CT molecular complexity index is 444. The number of fused-ring (bicyclic) bond motifs is 1. The van der Waals surface area contributed by atoms with E-state index in [1.54, 1.807) is 12.1 Å². The molecule has 1 aromatic carbocycles. The van der Waals surface area contributed by atoms with Gasteiger partial charge in [0.2, 0.25) is 0 Å². The summed E-state index contributed by atoms with van der Waals surface area (Å²) in [5.41, 5.74) is 1.33. The van der Waals surface area contributed by atoms with Gasteiger partial charge in [0.15, 0.2) is 0 Å². The minimum absolute atomic E-state index is 0.179. The third-order valence-corrected chi connectivity index (χ3v) is 4.40. The summed E-state index contributed by atoms with van der Waals surface area (Å²) in [5, 5.41) is 10.7. The first-order chi connectivity index (χ1) is 8.75. The topological polar surface area (TPSA) is 46.4 Å². The van der Waals surface area contributed by atoms with Crippen molar-refractivity contribution < 1.29 is 4.92 Å². The second-order valence-corrected chi connectivity index (χ2v) is 5.37. The molecule has 1 heterocycles. The number of benzene rings is 1. The van der Waals surface area contributed by atoms with Gasteiger partial charge in [0.05, 0.1) is 4.92 Å². The zero-order valence-electron chi connectivity index (χ0n) is 10.4. The van der Waals surface area contributed by atoms with E-state index in [1.165, 1.54) is 32.1 Å². The smallest absolute Gasteiger partial charge is 0.269 e. The first kappa shape index (κ1) is 11.5. The number of nitro benzene ring substituents is 1. The first-order valence-corrected chi connectivity index (χ1v) is 6.77. The molecule has 0 amide bonds. The van der Waals surface area contributed by atoms with E-state index in [2.05, 4.69) is 4.90 Å². The van der Waals surface area contributed by atoms with Gasteiger partial charge in [-0.05, 0) is 37.3 Å². The molecule has 18 heavy (non-hydrogen) atoms. The van der Waals surface area contributed by atoms with Gasteiger partial charge in [-0.3, -0.25) is 10.1 Å². The predicted octanol–water partition coefficient (Wildman–Crippen LogP) is 3.36. The van der Waals surface area contributed by atoms with E-state index in [0.29, 0.717) is 6.04 Å². The molecule has 2 unspecified atom stereocenters. The maximum atomic E-state index is 10.7. The Morgan fingerprint density at radius 1 is 1.11 bits per heavy atom. The van der Waals surface area contributed by atoms with Crippen LogP contribution in [0.3, 0.4) is 0 Å². The van der Waals surface area contributed by atoms with Crippen molar-refractivity contribution in [2.24, 2.45) is 5.92 Å². The monoisotopic (exact) mass is 246 g/mol. The Morgan fingerprint density at radius 2 is 1.83 bits per heavy atom. The largest absolute Gasteiger partial charge is 0.368 e. The summed E-state index contributed by atoms with van der Waals surface area (Å²) >= 11 is 0. The number of nitrogens with zero attached hydrogens (tertiary/aromatic N) is 2. The SMILES string of the molecule is O=[N+]([O-])c1ccc(N2CCC3CCCCC32)cc1. The second kappa shape index (κ2) is 4.59. The molecule has 0 radical (unpaired) electrons. The number of nitro groups is 1. The van der Waals surface area contributed by atoms with Gasteiger partial charge in [0.1, 0.15) is 0 Å². The first-order valence-electron chi connectivity index (χ1n) is 6.77. The lowest BCUT2D eigenvalue weighted by Crippen LogP contribution is -2.34. The predicted molar refractivity (Wildman–Crippen MR) is 70.8 cm³/mol. The quantitative estimate of drug-likeness (QED) is 0.593. The van der Waals surface area contributed by atoms with Crippen molar-refractivity contribution >= 4 is 11.4 Å². The van der Waals surface area contributed by atoms with Crippen LogP contribution in [0.2, 0.25) is 0 Å². The molecule has 96 valence electrons. The fourth-order valence-electron chi connectivity index (χ4n) is 3.49. The van der Waals surface area contributed by atoms with Crippen LogP contribution in [0, 0.1) is 16.0 Å².